The van der Waals surface area contributed by atoms with Crippen molar-refractivity contribution in [3.63, 3.8) is 0 Å². The number of ether oxygens (including phenoxy) is 1. The van der Waals surface area contributed by atoms with Crippen molar-refractivity contribution >= 4 is 33.7 Å². The third-order valence-electron chi connectivity index (χ3n) is 3.14. The molecule has 0 aliphatic heterocycles. The summed E-state index contributed by atoms with van der Waals surface area (Å²) in [5, 5.41) is 4.46. The molecule has 3 rings (SSSR count). The third-order valence-corrected chi connectivity index (χ3v) is 3.52. The number of hydrogen-bond acceptors (Lipinski definition) is 4. The zero-order valence-electron chi connectivity index (χ0n) is 11.9. The standard InChI is InChI=1S/C14H14BrN5O/c1-9-4-5-10(21-3)14-17-12(18-20(9)14)6-7-13-16-11(15)8-19(13)2/h4-8H,1-3H3. The second-order valence-electron chi connectivity index (χ2n) is 4.61. The fraction of sp³-hybridized carbons (Fsp3) is 0.214. The van der Waals surface area contributed by atoms with E-state index in [2.05, 4.69) is 31.0 Å². The van der Waals surface area contributed by atoms with E-state index in [0.29, 0.717) is 17.2 Å². The second-order valence-corrected chi connectivity index (χ2v) is 5.43. The molecular weight excluding hydrogens is 334 g/mol. The van der Waals surface area contributed by atoms with Crippen molar-refractivity contribution in [3.05, 3.63) is 40.3 Å². The first-order chi connectivity index (χ1) is 10.1. The zero-order chi connectivity index (χ0) is 15.0. The van der Waals surface area contributed by atoms with Crippen LogP contribution in [0.25, 0.3) is 17.8 Å². The highest BCUT2D eigenvalue weighted by molar-refractivity contribution is 9.10. The normalized spacial score (nSPS) is 11.6. The predicted octanol–water partition coefficient (Wildman–Crippen LogP) is 2.71. The van der Waals surface area contributed by atoms with Gasteiger partial charge in [-0.2, -0.15) is 0 Å². The first-order valence-corrected chi connectivity index (χ1v) is 7.15. The highest BCUT2D eigenvalue weighted by atomic mass is 79.9. The molecule has 0 bridgehead atoms. The summed E-state index contributed by atoms with van der Waals surface area (Å²) in [6.45, 7) is 1.98. The minimum Gasteiger partial charge on any atom is -0.493 e. The molecule has 0 spiro atoms. The molecule has 3 aromatic heterocycles. The molecule has 0 N–H and O–H groups in total. The first-order valence-electron chi connectivity index (χ1n) is 6.36. The zero-order valence-corrected chi connectivity index (χ0v) is 13.5. The van der Waals surface area contributed by atoms with Gasteiger partial charge in [-0.25, -0.2) is 14.5 Å². The first kappa shape index (κ1) is 13.8. The van der Waals surface area contributed by atoms with Crippen LogP contribution in [0.4, 0.5) is 0 Å². The van der Waals surface area contributed by atoms with Gasteiger partial charge in [-0.15, -0.1) is 5.10 Å². The topological polar surface area (TPSA) is 57.2 Å². The number of hydrogen-bond donors (Lipinski definition) is 0. The van der Waals surface area contributed by atoms with Gasteiger partial charge >= 0.3 is 0 Å². The Morgan fingerprint density at radius 1 is 1.24 bits per heavy atom. The summed E-state index contributed by atoms with van der Waals surface area (Å²) in [5.74, 6) is 2.14. The number of fused-ring (bicyclic) bond motifs is 1. The molecule has 0 saturated heterocycles. The van der Waals surface area contributed by atoms with Gasteiger partial charge in [0.25, 0.3) is 0 Å². The summed E-state index contributed by atoms with van der Waals surface area (Å²) in [5.41, 5.74) is 1.70. The lowest BCUT2D eigenvalue weighted by Gasteiger charge is -2.02. The van der Waals surface area contributed by atoms with Crippen LogP contribution in [0.3, 0.4) is 0 Å². The maximum atomic E-state index is 5.31. The van der Waals surface area contributed by atoms with Crippen LogP contribution in [-0.4, -0.2) is 31.3 Å². The molecule has 0 atom stereocenters. The molecule has 108 valence electrons. The molecule has 0 aliphatic carbocycles. The lowest BCUT2D eigenvalue weighted by atomic mass is 10.3. The van der Waals surface area contributed by atoms with Gasteiger partial charge in [0.1, 0.15) is 10.4 Å². The molecular formula is C14H14BrN5O. The molecule has 3 heterocycles. The van der Waals surface area contributed by atoms with E-state index in [1.165, 1.54) is 0 Å². The van der Waals surface area contributed by atoms with Gasteiger partial charge in [0, 0.05) is 18.9 Å². The van der Waals surface area contributed by atoms with Crippen LogP contribution in [0.2, 0.25) is 0 Å². The Balaban J connectivity index is 2.02. The maximum absolute atomic E-state index is 5.31. The van der Waals surface area contributed by atoms with E-state index in [-0.39, 0.29) is 0 Å². The lowest BCUT2D eigenvalue weighted by Crippen LogP contribution is -1.95. The van der Waals surface area contributed by atoms with E-state index < -0.39 is 0 Å². The van der Waals surface area contributed by atoms with Crippen LogP contribution in [0, 0.1) is 6.92 Å². The highest BCUT2D eigenvalue weighted by Crippen LogP contribution is 2.19. The fourth-order valence-electron chi connectivity index (χ4n) is 2.05. The van der Waals surface area contributed by atoms with Gasteiger partial charge in [0.15, 0.2) is 17.2 Å². The quantitative estimate of drug-likeness (QED) is 0.730. The van der Waals surface area contributed by atoms with E-state index in [0.717, 1.165) is 16.1 Å². The van der Waals surface area contributed by atoms with E-state index in [1.807, 2.05) is 49.0 Å². The second kappa shape index (κ2) is 5.33. The molecule has 0 aliphatic rings. The maximum Gasteiger partial charge on any atom is 0.198 e. The number of imidazole rings is 1. The Bertz CT molecular complexity index is 833. The van der Waals surface area contributed by atoms with Gasteiger partial charge in [0.2, 0.25) is 0 Å². The largest absolute Gasteiger partial charge is 0.493 e. The average molecular weight is 348 g/mol. The van der Waals surface area contributed by atoms with E-state index >= 15 is 0 Å². The molecule has 6 nitrogen and oxygen atoms in total. The van der Waals surface area contributed by atoms with Gasteiger partial charge in [-0.3, -0.25) is 0 Å². The van der Waals surface area contributed by atoms with Crippen molar-refractivity contribution in [2.75, 3.05) is 7.11 Å². The Kier molecular flexibility index (Phi) is 3.50. The molecule has 3 aromatic rings. The van der Waals surface area contributed by atoms with Crippen molar-refractivity contribution in [1.29, 1.82) is 0 Å². The highest BCUT2D eigenvalue weighted by Gasteiger charge is 2.09. The lowest BCUT2D eigenvalue weighted by molar-refractivity contribution is 0.416. The van der Waals surface area contributed by atoms with Crippen LogP contribution in [0.1, 0.15) is 17.3 Å². The average Bonchev–Trinajstić information content (AvgIpc) is 3.01. The van der Waals surface area contributed by atoms with Crippen LogP contribution < -0.4 is 4.74 Å². The molecule has 21 heavy (non-hydrogen) atoms. The number of aromatic nitrogens is 5. The number of aryl methyl sites for hydroxylation is 2. The Morgan fingerprint density at radius 2 is 2.05 bits per heavy atom. The van der Waals surface area contributed by atoms with Crippen molar-refractivity contribution in [3.8, 4) is 5.75 Å². The SMILES string of the molecule is COc1ccc(C)n2nc(C=Cc3nc(Br)cn3C)nc12. The summed E-state index contributed by atoms with van der Waals surface area (Å²) in [6, 6.07) is 3.84. The summed E-state index contributed by atoms with van der Waals surface area (Å²) in [7, 11) is 3.56. The van der Waals surface area contributed by atoms with Gasteiger partial charge < -0.3 is 9.30 Å². The van der Waals surface area contributed by atoms with Crippen LogP contribution in [0.5, 0.6) is 5.75 Å². The van der Waals surface area contributed by atoms with Crippen LogP contribution in [-0.2, 0) is 7.05 Å². The van der Waals surface area contributed by atoms with Crippen molar-refractivity contribution in [2.24, 2.45) is 7.05 Å². The minimum absolute atomic E-state index is 0.613. The number of nitrogens with zero attached hydrogens (tertiary/aromatic N) is 5. The van der Waals surface area contributed by atoms with Crippen molar-refractivity contribution in [1.82, 2.24) is 24.1 Å². The molecule has 0 unspecified atom stereocenters. The summed E-state index contributed by atoms with van der Waals surface area (Å²) in [6.07, 6.45) is 5.60. The Morgan fingerprint density at radius 3 is 2.71 bits per heavy atom. The van der Waals surface area contributed by atoms with E-state index in [4.69, 9.17) is 4.74 Å². The van der Waals surface area contributed by atoms with Crippen LogP contribution in [0.15, 0.2) is 22.9 Å². The number of halogens is 1. The molecule has 0 radical (unpaired) electrons. The molecule has 0 saturated carbocycles. The monoisotopic (exact) mass is 347 g/mol. The molecule has 7 heteroatoms. The van der Waals surface area contributed by atoms with E-state index in [1.54, 1.807) is 11.6 Å². The van der Waals surface area contributed by atoms with Crippen LogP contribution >= 0.6 is 15.9 Å². The Hall–Kier alpha value is -2.15. The van der Waals surface area contributed by atoms with Gasteiger partial charge in [-0.1, -0.05) is 0 Å². The summed E-state index contributed by atoms with van der Waals surface area (Å²) < 4.78 is 9.80. The fourth-order valence-corrected chi connectivity index (χ4v) is 2.54. The van der Waals surface area contributed by atoms with E-state index in [9.17, 15) is 0 Å². The minimum atomic E-state index is 0.613. The number of methoxy groups -OCH3 is 1. The van der Waals surface area contributed by atoms with Crippen molar-refractivity contribution < 1.29 is 4.74 Å². The summed E-state index contributed by atoms with van der Waals surface area (Å²) >= 11 is 3.35. The van der Waals surface area contributed by atoms with Crippen molar-refractivity contribution in [2.45, 2.75) is 6.92 Å². The smallest absolute Gasteiger partial charge is 0.198 e. The van der Waals surface area contributed by atoms with Gasteiger partial charge in [0.05, 0.1) is 7.11 Å². The third kappa shape index (κ3) is 2.56. The molecule has 0 aromatic carbocycles. The molecule has 0 fully saturated rings. The summed E-state index contributed by atoms with van der Waals surface area (Å²) in [4.78, 5) is 8.82. The number of rotatable bonds is 3. The van der Waals surface area contributed by atoms with Gasteiger partial charge in [-0.05, 0) is 47.1 Å². The molecule has 0 amide bonds. The number of pyridine rings is 1. The predicted molar refractivity (Wildman–Crippen MR) is 84.1 cm³/mol. The Labute approximate surface area is 130 Å².